The lowest BCUT2D eigenvalue weighted by Gasteiger charge is -2.23. The molecule has 3 rings (SSSR count). The lowest BCUT2D eigenvalue weighted by atomic mass is 10.2. The van der Waals surface area contributed by atoms with Crippen molar-refractivity contribution in [1.82, 2.24) is 10.2 Å². The molecule has 0 unspecified atom stereocenters. The molecule has 0 aliphatic carbocycles. The first-order valence-electron chi connectivity index (χ1n) is 9.00. The molecule has 1 heterocycles. The standard InChI is InChI=1S/C20H22N4O4S2/c1-13-5-8-15(9-6-13)19-22-23-20(29-19)21-18(25)12-24(30(4,26)27)16-11-14(2)7-10-17(16)28-3/h5-11H,12H2,1-4H3,(H,21,23,25). The average Bonchev–Trinajstić information content (AvgIpc) is 3.14. The number of rotatable bonds is 7. The SMILES string of the molecule is COc1ccc(C)cc1N(CC(=O)Nc1nnc(-c2ccc(C)cc2)s1)S(C)(=O)=O. The maximum absolute atomic E-state index is 12.6. The summed E-state index contributed by atoms with van der Waals surface area (Å²) >= 11 is 1.21. The van der Waals surface area contributed by atoms with E-state index >= 15 is 0 Å². The maximum Gasteiger partial charge on any atom is 0.246 e. The number of benzene rings is 2. The largest absolute Gasteiger partial charge is 0.495 e. The second-order valence-electron chi connectivity index (χ2n) is 6.77. The first-order chi connectivity index (χ1) is 14.2. The fourth-order valence-corrected chi connectivity index (χ4v) is 4.37. The minimum Gasteiger partial charge on any atom is -0.495 e. The van der Waals surface area contributed by atoms with Crippen LogP contribution in [0.1, 0.15) is 11.1 Å². The number of methoxy groups -OCH3 is 1. The van der Waals surface area contributed by atoms with Gasteiger partial charge in [-0.15, -0.1) is 10.2 Å². The van der Waals surface area contributed by atoms with Crippen molar-refractivity contribution < 1.29 is 17.9 Å². The Kier molecular flexibility index (Phi) is 6.37. The minimum absolute atomic E-state index is 0.292. The quantitative estimate of drug-likeness (QED) is 0.598. The van der Waals surface area contributed by atoms with Gasteiger partial charge in [0.2, 0.25) is 21.1 Å². The number of nitrogens with one attached hydrogen (secondary N) is 1. The van der Waals surface area contributed by atoms with Gasteiger partial charge in [-0.3, -0.25) is 14.4 Å². The van der Waals surface area contributed by atoms with Gasteiger partial charge in [-0.25, -0.2) is 8.42 Å². The summed E-state index contributed by atoms with van der Waals surface area (Å²) in [5, 5.41) is 11.7. The lowest BCUT2D eigenvalue weighted by Crippen LogP contribution is -2.37. The molecule has 0 atom stereocenters. The zero-order chi connectivity index (χ0) is 21.9. The molecule has 0 spiro atoms. The van der Waals surface area contributed by atoms with Gasteiger partial charge in [0.25, 0.3) is 0 Å². The number of hydrogen-bond acceptors (Lipinski definition) is 7. The van der Waals surface area contributed by atoms with Crippen molar-refractivity contribution in [1.29, 1.82) is 0 Å². The van der Waals surface area contributed by atoms with Gasteiger partial charge in [0, 0.05) is 5.56 Å². The van der Waals surface area contributed by atoms with Crippen LogP contribution in [0.25, 0.3) is 10.6 Å². The van der Waals surface area contributed by atoms with Gasteiger partial charge in [0.05, 0.1) is 19.1 Å². The molecule has 3 aromatic rings. The Labute approximate surface area is 179 Å². The van der Waals surface area contributed by atoms with E-state index in [1.165, 1.54) is 18.4 Å². The highest BCUT2D eigenvalue weighted by Crippen LogP contribution is 2.31. The van der Waals surface area contributed by atoms with Gasteiger partial charge < -0.3 is 4.74 Å². The van der Waals surface area contributed by atoms with Crippen LogP contribution < -0.4 is 14.4 Å². The zero-order valence-corrected chi connectivity index (χ0v) is 18.7. The lowest BCUT2D eigenvalue weighted by molar-refractivity contribution is -0.114. The molecule has 0 bridgehead atoms. The van der Waals surface area contributed by atoms with E-state index in [1.54, 1.807) is 18.2 Å². The molecule has 0 fully saturated rings. The number of anilines is 2. The molecule has 1 amide bonds. The Bertz CT molecular complexity index is 1160. The van der Waals surface area contributed by atoms with Crippen molar-refractivity contribution in [3.8, 4) is 16.3 Å². The van der Waals surface area contributed by atoms with Crippen LogP contribution in [0, 0.1) is 13.8 Å². The number of amides is 1. The number of ether oxygens (including phenoxy) is 1. The van der Waals surface area contributed by atoms with E-state index < -0.39 is 22.5 Å². The van der Waals surface area contributed by atoms with Crippen LogP contribution in [-0.2, 0) is 14.8 Å². The highest BCUT2D eigenvalue weighted by Gasteiger charge is 2.24. The summed E-state index contributed by atoms with van der Waals surface area (Å²) in [5.41, 5.74) is 3.16. The van der Waals surface area contributed by atoms with E-state index in [1.807, 2.05) is 38.1 Å². The molecule has 30 heavy (non-hydrogen) atoms. The monoisotopic (exact) mass is 446 g/mol. The van der Waals surface area contributed by atoms with Crippen LogP contribution in [0.15, 0.2) is 42.5 Å². The summed E-state index contributed by atoms with van der Waals surface area (Å²) in [7, 11) is -2.29. The molecule has 0 aliphatic rings. The molecule has 10 heteroatoms. The van der Waals surface area contributed by atoms with E-state index in [-0.39, 0.29) is 0 Å². The topological polar surface area (TPSA) is 101 Å². The smallest absolute Gasteiger partial charge is 0.246 e. The second kappa shape index (κ2) is 8.80. The maximum atomic E-state index is 12.6. The molecule has 0 saturated heterocycles. The predicted octanol–water partition coefficient (Wildman–Crippen LogP) is 3.24. The van der Waals surface area contributed by atoms with E-state index in [4.69, 9.17) is 4.74 Å². The number of hydrogen-bond donors (Lipinski definition) is 1. The van der Waals surface area contributed by atoms with Crippen LogP contribution >= 0.6 is 11.3 Å². The molecular weight excluding hydrogens is 424 g/mol. The zero-order valence-electron chi connectivity index (χ0n) is 17.0. The van der Waals surface area contributed by atoms with Gasteiger partial charge in [0.1, 0.15) is 17.3 Å². The molecule has 2 aromatic carbocycles. The fraction of sp³-hybridized carbons (Fsp3) is 0.250. The molecule has 1 N–H and O–H groups in total. The van der Waals surface area contributed by atoms with Gasteiger partial charge in [0.15, 0.2) is 0 Å². The highest BCUT2D eigenvalue weighted by molar-refractivity contribution is 7.92. The number of aryl methyl sites for hydroxylation is 2. The molecule has 158 valence electrons. The Morgan fingerprint density at radius 1 is 1.10 bits per heavy atom. The van der Waals surface area contributed by atoms with Crippen molar-refractivity contribution in [3.63, 3.8) is 0 Å². The van der Waals surface area contributed by atoms with Crippen molar-refractivity contribution in [2.45, 2.75) is 13.8 Å². The van der Waals surface area contributed by atoms with Gasteiger partial charge in [-0.05, 0) is 31.5 Å². The Morgan fingerprint density at radius 2 is 1.77 bits per heavy atom. The molecule has 0 aliphatic heterocycles. The van der Waals surface area contributed by atoms with Crippen LogP contribution in [0.3, 0.4) is 0 Å². The van der Waals surface area contributed by atoms with Crippen molar-refractivity contribution in [2.75, 3.05) is 29.5 Å². The van der Waals surface area contributed by atoms with Crippen LogP contribution in [0.2, 0.25) is 0 Å². The molecule has 1 aromatic heterocycles. The molecular formula is C20H22N4O4S2. The second-order valence-corrected chi connectivity index (χ2v) is 9.66. The number of carbonyl (C=O) groups excluding carboxylic acids is 1. The Hall–Kier alpha value is -2.98. The van der Waals surface area contributed by atoms with E-state index in [9.17, 15) is 13.2 Å². The first kappa shape index (κ1) is 21.7. The van der Waals surface area contributed by atoms with Crippen LogP contribution in [0.4, 0.5) is 10.8 Å². The number of sulfonamides is 1. The molecule has 8 nitrogen and oxygen atoms in total. The third-order valence-electron chi connectivity index (χ3n) is 4.26. The summed E-state index contributed by atoms with van der Waals surface area (Å²) < 4.78 is 31.1. The van der Waals surface area contributed by atoms with E-state index in [2.05, 4.69) is 15.5 Å². The summed E-state index contributed by atoms with van der Waals surface area (Å²) in [5.74, 6) is -0.174. The normalized spacial score (nSPS) is 11.2. The summed E-state index contributed by atoms with van der Waals surface area (Å²) in [6.07, 6.45) is 1.04. The third kappa shape index (κ3) is 5.14. The minimum atomic E-state index is -3.74. The van der Waals surface area contributed by atoms with Gasteiger partial charge in [-0.2, -0.15) is 0 Å². The average molecular weight is 447 g/mol. The Morgan fingerprint density at radius 3 is 2.40 bits per heavy atom. The van der Waals surface area contributed by atoms with Crippen molar-refractivity contribution >= 4 is 38.1 Å². The van der Waals surface area contributed by atoms with Crippen molar-refractivity contribution in [2.24, 2.45) is 0 Å². The van der Waals surface area contributed by atoms with Crippen LogP contribution in [-0.4, -0.2) is 44.4 Å². The Balaban J connectivity index is 1.80. The van der Waals surface area contributed by atoms with E-state index in [0.717, 1.165) is 27.3 Å². The summed E-state index contributed by atoms with van der Waals surface area (Å²) in [6.45, 7) is 3.40. The first-order valence-corrected chi connectivity index (χ1v) is 11.7. The summed E-state index contributed by atoms with van der Waals surface area (Å²) in [4.78, 5) is 12.6. The fourth-order valence-electron chi connectivity index (χ4n) is 2.75. The van der Waals surface area contributed by atoms with E-state index in [0.29, 0.717) is 21.6 Å². The van der Waals surface area contributed by atoms with Gasteiger partial charge >= 0.3 is 0 Å². The van der Waals surface area contributed by atoms with Crippen LogP contribution in [0.5, 0.6) is 5.75 Å². The molecule has 0 radical (unpaired) electrons. The van der Waals surface area contributed by atoms with Crippen molar-refractivity contribution in [3.05, 3.63) is 53.6 Å². The summed E-state index contributed by atoms with van der Waals surface area (Å²) in [6, 6.07) is 12.9. The third-order valence-corrected chi connectivity index (χ3v) is 6.27. The number of carbonyl (C=O) groups is 1. The molecule has 0 saturated carbocycles. The number of nitrogens with zero attached hydrogens (tertiary/aromatic N) is 3. The predicted molar refractivity (Wildman–Crippen MR) is 119 cm³/mol. The highest BCUT2D eigenvalue weighted by atomic mass is 32.2. The number of aromatic nitrogens is 2. The van der Waals surface area contributed by atoms with Gasteiger partial charge in [-0.1, -0.05) is 47.2 Å².